The van der Waals surface area contributed by atoms with Crippen molar-refractivity contribution in [3.8, 4) is 5.88 Å². The van der Waals surface area contributed by atoms with Crippen molar-refractivity contribution in [3.05, 3.63) is 40.0 Å². The van der Waals surface area contributed by atoms with Gasteiger partial charge >= 0.3 is 0 Å². The smallest absolute Gasteiger partial charge is 0.262 e. The second-order valence-electron chi connectivity index (χ2n) is 4.97. The standard InChI is InChI=1S/C15H13Cl2N3O2S/c1-23-15-18-7-10(14(20-15)22-9-3-4-9)13(21)19-12-6-8(16)2-5-11(12)17/h2,5-7,9H,3-4H2,1H3,(H,19,21). The molecule has 1 aliphatic carbocycles. The normalized spacial score (nSPS) is 13.7. The number of hydrogen-bond acceptors (Lipinski definition) is 5. The van der Waals surface area contributed by atoms with E-state index in [2.05, 4.69) is 15.3 Å². The van der Waals surface area contributed by atoms with Crippen LogP contribution in [0.15, 0.2) is 29.6 Å². The number of rotatable bonds is 5. The Morgan fingerprint density at radius 3 is 2.87 bits per heavy atom. The van der Waals surface area contributed by atoms with E-state index in [1.165, 1.54) is 18.0 Å². The maximum Gasteiger partial charge on any atom is 0.262 e. The summed E-state index contributed by atoms with van der Waals surface area (Å²) in [5.74, 6) is -0.0972. The summed E-state index contributed by atoms with van der Waals surface area (Å²) < 4.78 is 5.73. The van der Waals surface area contributed by atoms with E-state index in [0.717, 1.165) is 12.8 Å². The van der Waals surface area contributed by atoms with Crippen molar-refractivity contribution in [3.63, 3.8) is 0 Å². The van der Waals surface area contributed by atoms with E-state index in [0.29, 0.717) is 26.8 Å². The van der Waals surface area contributed by atoms with Crippen molar-refractivity contribution in [2.75, 3.05) is 11.6 Å². The highest BCUT2D eigenvalue weighted by Crippen LogP contribution is 2.30. The summed E-state index contributed by atoms with van der Waals surface area (Å²) in [6.07, 6.45) is 5.40. The van der Waals surface area contributed by atoms with E-state index in [-0.39, 0.29) is 11.7 Å². The van der Waals surface area contributed by atoms with E-state index in [1.54, 1.807) is 18.2 Å². The van der Waals surface area contributed by atoms with Gasteiger partial charge in [-0.15, -0.1) is 0 Å². The molecule has 1 N–H and O–H groups in total. The molecule has 3 rings (SSSR count). The lowest BCUT2D eigenvalue weighted by Crippen LogP contribution is -2.16. The molecule has 1 aliphatic rings. The van der Waals surface area contributed by atoms with Crippen LogP contribution in [-0.4, -0.2) is 28.2 Å². The van der Waals surface area contributed by atoms with Crippen LogP contribution in [0.5, 0.6) is 5.88 Å². The lowest BCUT2D eigenvalue weighted by atomic mass is 10.2. The molecule has 0 unspecified atom stereocenters. The van der Waals surface area contributed by atoms with Gasteiger partial charge in [-0.2, -0.15) is 4.98 Å². The third kappa shape index (κ3) is 4.07. The number of halogens is 2. The summed E-state index contributed by atoms with van der Waals surface area (Å²) in [5.41, 5.74) is 0.696. The van der Waals surface area contributed by atoms with Gasteiger partial charge in [-0.3, -0.25) is 4.79 Å². The Bertz CT molecular complexity index is 753. The van der Waals surface area contributed by atoms with Crippen LogP contribution in [0.4, 0.5) is 5.69 Å². The molecule has 1 heterocycles. The van der Waals surface area contributed by atoms with Gasteiger partial charge in [-0.1, -0.05) is 35.0 Å². The van der Waals surface area contributed by atoms with Crippen molar-refractivity contribution in [1.29, 1.82) is 0 Å². The molecule has 1 fully saturated rings. The van der Waals surface area contributed by atoms with Gasteiger partial charge in [-0.25, -0.2) is 4.98 Å². The fraction of sp³-hybridized carbons (Fsp3) is 0.267. The second kappa shape index (κ2) is 6.95. The van der Waals surface area contributed by atoms with Crippen LogP contribution in [0.2, 0.25) is 10.0 Å². The van der Waals surface area contributed by atoms with Gasteiger partial charge in [0.25, 0.3) is 5.91 Å². The number of nitrogens with zero attached hydrogens (tertiary/aromatic N) is 2. The fourth-order valence-electron chi connectivity index (χ4n) is 1.82. The van der Waals surface area contributed by atoms with Crippen LogP contribution < -0.4 is 10.1 Å². The number of hydrogen-bond donors (Lipinski definition) is 1. The number of aromatic nitrogens is 2. The minimum Gasteiger partial charge on any atom is -0.474 e. The van der Waals surface area contributed by atoms with Gasteiger partial charge in [0.15, 0.2) is 5.16 Å². The minimum absolute atomic E-state index is 0.126. The molecule has 1 aromatic carbocycles. The van der Waals surface area contributed by atoms with Crippen molar-refractivity contribution in [2.45, 2.75) is 24.1 Å². The average Bonchev–Trinajstić information content (AvgIpc) is 3.34. The SMILES string of the molecule is CSc1ncc(C(=O)Nc2cc(Cl)ccc2Cl)c(OC2CC2)n1. The summed E-state index contributed by atoms with van der Waals surface area (Å²) in [7, 11) is 0. The van der Waals surface area contributed by atoms with Gasteiger partial charge in [0.1, 0.15) is 11.7 Å². The van der Waals surface area contributed by atoms with Crippen molar-refractivity contribution in [1.82, 2.24) is 9.97 Å². The van der Waals surface area contributed by atoms with Crippen molar-refractivity contribution < 1.29 is 9.53 Å². The molecular formula is C15H13Cl2N3O2S. The average molecular weight is 370 g/mol. The van der Waals surface area contributed by atoms with Crippen LogP contribution in [0.3, 0.4) is 0 Å². The molecule has 0 saturated heterocycles. The quantitative estimate of drug-likeness (QED) is 0.628. The molecule has 0 atom stereocenters. The van der Waals surface area contributed by atoms with E-state index in [9.17, 15) is 4.79 Å². The molecule has 120 valence electrons. The predicted molar refractivity (Wildman–Crippen MR) is 91.9 cm³/mol. The van der Waals surface area contributed by atoms with E-state index >= 15 is 0 Å². The molecule has 0 spiro atoms. The molecule has 0 bridgehead atoms. The molecule has 1 aromatic heterocycles. The zero-order valence-electron chi connectivity index (χ0n) is 12.2. The lowest BCUT2D eigenvalue weighted by molar-refractivity contribution is 0.102. The monoisotopic (exact) mass is 369 g/mol. The number of benzene rings is 1. The van der Waals surface area contributed by atoms with Gasteiger partial charge in [-0.05, 0) is 37.3 Å². The number of thioether (sulfide) groups is 1. The molecule has 1 saturated carbocycles. The Labute approximate surface area is 147 Å². The summed E-state index contributed by atoms with van der Waals surface area (Å²) in [6, 6.07) is 4.85. The fourth-order valence-corrected chi connectivity index (χ4v) is 2.49. The highest BCUT2D eigenvalue weighted by Gasteiger charge is 2.27. The first-order chi connectivity index (χ1) is 11.1. The Balaban J connectivity index is 1.87. The van der Waals surface area contributed by atoms with Gasteiger partial charge in [0, 0.05) is 11.2 Å². The second-order valence-corrected chi connectivity index (χ2v) is 6.59. The van der Waals surface area contributed by atoms with Crippen LogP contribution in [-0.2, 0) is 0 Å². The first kappa shape index (κ1) is 16.4. The number of amides is 1. The van der Waals surface area contributed by atoms with Crippen LogP contribution >= 0.6 is 35.0 Å². The van der Waals surface area contributed by atoms with E-state index < -0.39 is 5.91 Å². The molecule has 23 heavy (non-hydrogen) atoms. The number of nitrogens with one attached hydrogen (secondary N) is 1. The minimum atomic E-state index is -0.391. The van der Waals surface area contributed by atoms with Gasteiger partial charge in [0.2, 0.25) is 5.88 Å². The van der Waals surface area contributed by atoms with Crippen molar-refractivity contribution in [2.24, 2.45) is 0 Å². The van der Waals surface area contributed by atoms with Gasteiger partial charge in [0.05, 0.1) is 10.7 Å². The lowest BCUT2D eigenvalue weighted by Gasteiger charge is -2.11. The third-order valence-electron chi connectivity index (χ3n) is 3.14. The Morgan fingerprint density at radius 2 is 2.17 bits per heavy atom. The topological polar surface area (TPSA) is 64.1 Å². The largest absolute Gasteiger partial charge is 0.474 e. The third-order valence-corrected chi connectivity index (χ3v) is 4.26. The first-order valence-electron chi connectivity index (χ1n) is 6.91. The Morgan fingerprint density at radius 1 is 1.39 bits per heavy atom. The van der Waals surface area contributed by atoms with Crippen LogP contribution in [0.1, 0.15) is 23.2 Å². The molecular weight excluding hydrogens is 357 g/mol. The zero-order valence-corrected chi connectivity index (χ0v) is 14.5. The number of carbonyl (C=O) groups is 1. The number of carbonyl (C=O) groups excluding carboxylic acids is 1. The maximum atomic E-state index is 12.5. The summed E-state index contributed by atoms with van der Waals surface area (Å²) in [5, 5.41) is 4.15. The zero-order chi connectivity index (χ0) is 16.4. The van der Waals surface area contributed by atoms with E-state index in [4.69, 9.17) is 27.9 Å². The summed E-state index contributed by atoms with van der Waals surface area (Å²) >= 11 is 13.4. The molecule has 1 amide bonds. The van der Waals surface area contributed by atoms with Crippen molar-refractivity contribution >= 4 is 46.6 Å². The van der Waals surface area contributed by atoms with Crippen LogP contribution in [0, 0.1) is 0 Å². The predicted octanol–water partition coefficient (Wildman–Crippen LogP) is 4.30. The summed E-state index contributed by atoms with van der Waals surface area (Å²) in [6.45, 7) is 0. The Kier molecular flexibility index (Phi) is 4.94. The number of ether oxygens (including phenoxy) is 1. The summed E-state index contributed by atoms with van der Waals surface area (Å²) in [4.78, 5) is 20.9. The highest BCUT2D eigenvalue weighted by atomic mass is 35.5. The Hall–Kier alpha value is -1.50. The first-order valence-corrected chi connectivity index (χ1v) is 8.89. The van der Waals surface area contributed by atoms with Crippen LogP contribution in [0.25, 0.3) is 0 Å². The molecule has 2 aromatic rings. The van der Waals surface area contributed by atoms with Gasteiger partial charge < -0.3 is 10.1 Å². The van der Waals surface area contributed by atoms with E-state index in [1.807, 2.05) is 6.26 Å². The molecule has 0 aliphatic heterocycles. The molecule has 5 nitrogen and oxygen atoms in total. The molecule has 0 radical (unpaired) electrons. The molecule has 8 heteroatoms. The highest BCUT2D eigenvalue weighted by molar-refractivity contribution is 7.98. The number of anilines is 1. The maximum absolute atomic E-state index is 12.5.